The number of amides is 3. The number of pyridine rings is 1. The van der Waals surface area contributed by atoms with Crippen molar-refractivity contribution in [3.63, 3.8) is 0 Å². The number of halogens is 1. The summed E-state index contributed by atoms with van der Waals surface area (Å²) in [5.41, 5.74) is -0.896. The van der Waals surface area contributed by atoms with E-state index in [9.17, 15) is 29.3 Å². The molecule has 1 aromatic carbocycles. The van der Waals surface area contributed by atoms with Gasteiger partial charge in [0, 0.05) is 18.8 Å². The highest BCUT2D eigenvalue weighted by molar-refractivity contribution is 6.30. The third kappa shape index (κ3) is 4.67. The molecule has 1 aliphatic rings. The van der Waals surface area contributed by atoms with Crippen molar-refractivity contribution >= 4 is 46.8 Å². The van der Waals surface area contributed by atoms with Gasteiger partial charge in [-0.1, -0.05) is 17.7 Å². The van der Waals surface area contributed by atoms with E-state index in [2.05, 4.69) is 10.3 Å². The highest BCUT2D eigenvalue weighted by Gasteiger charge is 2.40. The van der Waals surface area contributed by atoms with Crippen LogP contribution in [-0.2, 0) is 14.3 Å². The van der Waals surface area contributed by atoms with Crippen LogP contribution in [0.1, 0.15) is 34.1 Å². The zero-order valence-corrected chi connectivity index (χ0v) is 16.8. The number of anilines is 1. The van der Waals surface area contributed by atoms with Crippen molar-refractivity contribution in [3.05, 3.63) is 62.8 Å². The molecule has 0 saturated carbocycles. The fourth-order valence-electron chi connectivity index (χ4n) is 2.86. The summed E-state index contributed by atoms with van der Waals surface area (Å²) in [7, 11) is 0. The van der Waals surface area contributed by atoms with Gasteiger partial charge in [-0.05, 0) is 25.1 Å². The molecule has 31 heavy (non-hydrogen) atoms. The molecule has 160 valence electrons. The van der Waals surface area contributed by atoms with Crippen molar-refractivity contribution in [2.45, 2.75) is 19.4 Å². The van der Waals surface area contributed by atoms with Gasteiger partial charge in [-0.2, -0.15) is 0 Å². The topological polar surface area (TPSA) is 149 Å². The molecule has 1 N–H and O–H groups in total. The van der Waals surface area contributed by atoms with E-state index in [1.165, 1.54) is 37.4 Å². The number of nitro groups is 1. The number of nitrogens with zero attached hydrogens (tertiary/aromatic N) is 3. The molecule has 1 aromatic heterocycles. The van der Waals surface area contributed by atoms with Crippen molar-refractivity contribution < 1.29 is 28.8 Å². The Bertz CT molecular complexity index is 1090. The first kappa shape index (κ1) is 21.8. The summed E-state index contributed by atoms with van der Waals surface area (Å²) in [4.78, 5) is 64.1. The zero-order valence-electron chi connectivity index (χ0n) is 16.0. The summed E-state index contributed by atoms with van der Waals surface area (Å²) in [6.07, 6.45) is -0.232. The highest BCUT2D eigenvalue weighted by Crippen LogP contribution is 2.30. The maximum absolute atomic E-state index is 12.5. The molecular formula is C19H15ClN4O7. The number of hydrogen-bond acceptors (Lipinski definition) is 8. The number of fused-ring (bicyclic) bond motifs is 1. The molecule has 1 atom stereocenters. The van der Waals surface area contributed by atoms with Gasteiger partial charge >= 0.3 is 5.97 Å². The van der Waals surface area contributed by atoms with Crippen molar-refractivity contribution in [1.82, 2.24) is 9.88 Å². The third-order valence-electron chi connectivity index (χ3n) is 4.37. The van der Waals surface area contributed by atoms with Crippen molar-refractivity contribution in [2.75, 3.05) is 11.9 Å². The molecule has 11 nitrogen and oxygen atoms in total. The van der Waals surface area contributed by atoms with Gasteiger partial charge in [0.15, 0.2) is 6.10 Å². The van der Waals surface area contributed by atoms with Crippen LogP contribution in [0.4, 0.5) is 11.5 Å². The minimum atomic E-state index is -1.17. The number of carbonyl (C=O) groups is 4. The molecule has 3 amide bonds. The maximum Gasteiger partial charge on any atom is 0.308 e. The molecule has 0 radical (unpaired) electrons. The number of rotatable bonds is 7. The minimum Gasteiger partial charge on any atom is -0.452 e. The van der Waals surface area contributed by atoms with Gasteiger partial charge in [0.2, 0.25) is 0 Å². The predicted octanol–water partition coefficient (Wildman–Crippen LogP) is 2.20. The van der Waals surface area contributed by atoms with E-state index in [1.807, 2.05) is 0 Å². The van der Waals surface area contributed by atoms with Gasteiger partial charge in [0.1, 0.15) is 11.4 Å². The normalized spacial score (nSPS) is 13.5. The number of imide groups is 1. The van der Waals surface area contributed by atoms with Crippen LogP contribution in [0.15, 0.2) is 36.5 Å². The van der Waals surface area contributed by atoms with Crippen molar-refractivity contribution in [3.8, 4) is 0 Å². The second kappa shape index (κ2) is 8.88. The molecule has 12 heteroatoms. The molecule has 1 aliphatic heterocycles. The second-order valence-electron chi connectivity index (χ2n) is 6.45. The molecular weight excluding hydrogens is 432 g/mol. The summed E-state index contributed by atoms with van der Waals surface area (Å²) < 4.78 is 5.02. The van der Waals surface area contributed by atoms with E-state index in [1.54, 1.807) is 0 Å². The Morgan fingerprint density at radius 2 is 2.00 bits per heavy atom. The molecule has 0 spiro atoms. The van der Waals surface area contributed by atoms with E-state index < -0.39 is 46.8 Å². The average Bonchev–Trinajstić information content (AvgIpc) is 2.98. The Kier molecular flexibility index (Phi) is 6.25. The van der Waals surface area contributed by atoms with Crippen LogP contribution in [0, 0.1) is 10.1 Å². The number of aromatic nitrogens is 1. The highest BCUT2D eigenvalue weighted by atomic mass is 35.5. The lowest BCUT2D eigenvalue weighted by Gasteiger charge is -2.15. The predicted molar refractivity (Wildman–Crippen MR) is 107 cm³/mol. The zero-order chi connectivity index (χ0) is 22.7. The summed E-state index contributed by atoms with van der Waals surface area (Å²) in [6.45, 7) is 0.990. The van der Waals surface area contributed by atoms with Gasteiger partial charge < -0.3 is 10.1 Å². The van der Waals surface area contributed by atoms with Gasteiger partial charge in [0.05, 0.1) is 21.9 Å². The number of ether oxygens (including phenoxy) is 1. The quantitative estimate of drug-likeness (QED) is 0.294. The maximum atomic E-state index is 12.5. The summed E-state index contributed by atoms with van der Waals surface area (Å²) in [5, 5.41) is 13.9. The van der Waals surface area contributed by atoms with E-state index >= 15 is 0 Å². The van der Waals surface area contributed by atoms with E-state index in [-0.39, 0.29) is 23.5 Å². The second-order valence-corrected chi connectivity index (χ2v) is 6.89. The molecule has 0 bridgehead atoms. The van der Waals surface area contributed by atoms with E-state index in [0.717, 1.165) is 11.0 Å². The Labute approximate surface area is 180 Å². The first-order valence-electron chi connectivity index (χ1n) is 8.94. The molecule has 2 aromatic rings. The molecule has 0 saturated heterocycles. The van der Waals surface area contributed by atoms with Crippen LogP contribution in [-0.4, -0.2) is 51.1 Å². The van der Waals surface area contributed by atoms with Crippen LogP contribution >= 0.6 is 11.6 Å². The lowest BCUT2D eigenvalue weighted by Crippen LogP contribution is -2.34. The number of carbonyl (C=O) groups excluding carboxylic acids is 4. The molecule has 2 heterocycles. The SMILES string of the molecule is C[C@H](OC(=O)CCN1C(=O)c2cccc([N+](=O)[O-])c2C1=O)C(=O)Nc1ccc(Cl)cn1. The monoisotopic (exact) mass is 446 g/mol. The number of esters is 1. The largest absolute Gasteiger partial charge is 0.452 e. The Morgan fingerprint density at radius 3 is 2.65 bits per heavy atom. The molecule has 0 fully saturated rings. The van der Waals surface area contributed by atoms with E-state index in [4.69, 9.17) is 16.3 Å². The van der Waals surface area contributed by atoms with Crippen LogP contribution in [0.25, 0.3) is 0 Å². The number of benzene rings is 1. The van der Waals surface area contributed by atoms with Crippen LogP contribution in [0.3, 0.4) is 0 Å². The first-order valence-corrected chi connectivity index (χ1v) is 9.32. The minimum absolute atomic E-state index is 0.101. The summed E-state index contributed by atoms with van der Waals surface area (Å²) in [5.74, 6) is -2.86. The standard InChI is InChI=1S/C19H15ClN4O7/c1-10(17(26)22-14-6-5-11(20)9-21-14)31-15(25)7-8-23-18(27)12-3-2-4-13(24(29)30)16(12)19(23)28/h2-6,9-10H,7-8H2,1H3,(H,21,22,26)/t10-/m0/s1. The van der Waals surface area contributed by atoms with Crippen molar-refractivity contribution in [2.24, 2.45) is 0 Å². The smallest absolute Gasteiger partial charge is 0.308 e. The van der Waals surface area contributed by atoms with Gasteiger partial charge in [-0.3, -0.25) is 34.2 Å². The molecule has 3 rings (SSSR count). The van der Waals surface area contributed by atoms with Gasteiger partial charge in [-0.15, -0.1) is 0 Å². The molecule has 0 aliphatic carbocycles. The lowest BCUT2D eigenvalue weighted by molar-refractivity contribution is -0.385. The van der Waals surface area contributed by atoms with E-state index in [0.29, 0.717) is 5.02 Å². The first-order chi connectivity index (χ1) is 14.7. The Morgan fingerprint density at radius 1 is 1.26 bits per heavy atom. The van der Waals surface area contributed by atoms with Crippen LogP contribution < -0.4 is 5.32 Å². The number of hydrogen-bond donors (Lipinski definition) is 1. The van der Waals surface area contributed by atoms with Gasteiger partial charge in [0.25, 0.3) is 23.4 Å². The third-order valence-corrected chi connectivity index (χ3v) is 4.59. The summed E-state index contributed by atoms with van der Waals surface area (Å²) in [6, 6.07) is 6.72. The fraction of sp³-hybridized carbons (Fsp3) is 0.211. The van der Waals surface area contributed by atoms with Crippen LogP contribution in [0.2, 0.25) is 5.02 Å². The fourth-order valence-corrected chi connectivity index (χ4v) is 2.97. The van der Waals surface area contributed by atoms with Crippen molar-refractivity contribution in [1.29, 1.82) is 0 Å². The summed E-state index contributed by atoms with van der Waals surface area (Å²) >= 11 is 5.71. The lowest BCUT2D eigenvalue weighted by atomic mass is 10.1. The average molecular weight is 447 g/mol. The molecule has 0 unspecified atom stereocenters. The number of nitrogens with one attached hydrogen (secondary N) is 1. The Hall–Kier alpha value is -3.86. The Balaban J connectivity index is 1.57. The van der Waals surface area contributed by atoms with Crippen LogP contribution in [0.5, 0.6) is 0 Å². The van der Waals surface area contributed by atoms with Gasteiger partial charge in [-0.25, -0.2) is 4.98 Å². The number of nitro benzene ring substituents is 1.